The first-order valence-electron chi connectivity index (χ1n) is 8.00. The number of ether oxygens (including phenoxy) is 1. The fraction of sp³-hybridized carbons (Fsp3) is 0.647. The Balaban J connectivity index is 1.89. The Morgan fingerprint density at radius 1 is 1.45 bits per heavy atom. The molecule has 0 aliphatic carbocycles. The lowest BCUT2D eigenvalue weighted by Crippen LogP contribution is -2.49. The number of pyridine rings is 1. The van der Waals surface area contributed by atoms with Crippen molar-refractivity contribution >= 4 is 6.09 Å². The van der Waals surface area contributed by atoms with Crippen molar-refractivity contribution in [2.45, 2.75) is 58.2 Å². The first-order chi connectivity index (χ1) is 10.3. The average molecular weight is 305 g/mol. The molecule has 2 rings (SSSR count). The Morgan fingerprint density at radius 3 is 2.86 bits per heavy atom. The van der Waals surface area contributed by atoms with E-state index in [1.165, 1.54) is 0 Å². The number of nitrogens with one attached hydrogen (secondary N) is 1. The highest BCUT2D eigenvalue weighted by molar-refractivity contribution is 5.68. The van der Waals surface area contributed by atoms with Gasteiger partial charge in [0.2, 0.25) is 0 Å². The molecule has 0 unspecified atom stereocenters. The number of carbonyl (C=O) groups is 1. The van der Waals surface area contributed by atoms with E-state index in [9.17, 15) is 4.79 Å². The maximum absolute atomic E-state index is 12.2. The van der Waals surface area contributed by atoms with Crippen LogP contribution in [0.25, 0.3) is 0 Å². The minimum Gasteiger partial charge on any atom is -0.444 e. The fourth-order valence-electron chi connectivity index (χ4n) is 2.68. The third-order valence-electron chi connectivity index (χ3n) is 3.69. The standard InChI is InChI=1S/C17H27N3O2/c1-13(15-9-5-6-10-18-15)19-14-8-7-11-20(12-14)16(21)22-17(2,3)4/h5-6,9-10,13-14,19H,7-8,11-12H2,1-4H3/t13-,14-/m0/s1. The summed E-state index contributed by atoms with van der Waals surface area (Å²) in [5.74, 6) is 0. The van der Waals surface area contributed by atoms with Crippen LogP contribution >= 0.6 is 0 Å². The van der Waals surface area contributed by atoms with Crippen LogP contribution in [-0.2, 0) is 4.74 Å². The lowest BCUT2D eigenvalue weighted by atomic mass is 10.0. The van der Waals surface area contributed by atoms with Crippen LogP contribution in [0.5, 0.6) is 0 Å². The summed E-state index contributed by atoms with van der Waals surface area (Å²) in [6.07, 6.45) is 3.65. The molecule has 2 atom stereocenters. The Labute approximate surface area is 133 Å². The minimum atomic E-state index is -0.446. The first-order valence-corrected chi connectivity index (χ1v) is 8.00. The Kier molecular flexibility index (Phi) is 5.40. The number of likely N-dealkylation sites (tertiary alicyclic amines) is 1. The van der Waals surface area contributed by atoms with Gasteiger partial charge in [0.15, 0.2) is 0 Å². The van der Waals surface area contributed by atoms with E-state index >= 15 is 0 Å². The molecule has 1 aliphatic rings. The Morgan fingerprint density at radius 2 is 2.23 bits per heavy atom. The van der Waals surface area contributed by atoms with Gasteiger partial charge in [-0.1, -0.05) is 6.07 Å². The predicted octanol–water partition coefficient (Wildman–Crippen LogP) is 3.13. The molecule has 0 bridgehead atoms. The molecule has 22 heavy (non-hydrogen) atoms. The monoisotopic (exact) mass is 305 g/mol. The second-order valence-corrected chi connectivity index (χ2v) is 6.91. The number of aromatic nitrogens is 1. The highest BCUT2D eigenvalue weighted by Gasteiger charge is 2.28. The minimum absolute atomic E-state index is 0.171. The van der Waals surface area contributed by atoms with Crippen molar-refractivity contribution in [3.05, 3.63) is 30.1 Å². The summed E-state index contributed by atoms with van der Waals surface area (Å²) in [6, 6.07) is 6.38. The molecule has 0 radical (unpaired) electrons. The quantitative estimate of drug-likeness (QED) is 0.932. The molecule has 5 heteroatoms. The number of nitrogens with zero attached hydrogens (tertiary/aromatic N) is 2. The van der Waals surface area contributed by atoms with Crippen molar-refractivity contribution in [1.29, 1.82) is 0 Å². The molecule has 5 nitrogen and oxygen atoms in total. The van der Waals surface area contributed by atoms with Crippen molar-refractivity contribution in [3.8, 4) is 0 Å². The molecule has 0 aromatic carbocycles. The van der Waals surface area contributed by atoms with E-state index in [1.54, 1.807) is 11.1 Å². The molecule has 1 fully saturated rings. The van der Waals surface area contributed by atoms with E-state index in [2.05, 4.69) is 17.2 Å². The van der Waals surface area contributed by atoms with Gasteiger partial charge >= 0.3 is 6.09 Å². The lowest BCUT2D eigenvalue weighted by molar-refractivity contribution is 0.0183. The van der Waals surface area contributed by atoms with Crippen LogP contribution in [0.4, 0.5) is 4.79 Å². The molecular weight excluding hydrogens is 278 g/mol. The fourth-order valence-corrected chi connectivity index (χ4v) is 2.68. The van der Waals surface area contributed by atoms with E-state index in [4.69, 9.17) is 4.74 Å². The highest BCUT2D eigenvalue weighted by atomic mass is 16.6. The third kappa shape index (κ3) is 4.98. The molecule has 2 heterocycles. The molecule has 0 spiro atoms. The maximum atomic E-state index is 12.2. The van der Waals surface area contributed by atoms with Crippen LogP contribution in [0, 0.1) is 0 Å². The summed E-state index contributed by atoms with van der Waals surface area (Å²) in [5, 5.41) is 3.57. The van der Waals surface area contributed by atoms with Gasteiger partial charge in [0, 0.05) is 31.4 Å². The maximum Gasteiger partial charge on any atom is 0.410 e. The summed E-state index contributed by atoms with van der Waals surface area (Å²) in [5.41, 5.74) is 0.579. The van der Waals surface area contributed by atoms with Gasteiger partial charge in [-0.2, -0.15) is 0 Å². The summed E-state index contributed by atoms with van der Waals surface area (Å²) >= 11 is 0. The van der Waals surface area contributed by atoms with Crippen LogP contribution in [0.15, 0.2) is 24.4 Å². The molecule has 1 N–H and O–H groups in total. The number of hydrogen-bond acceptors (Lipinski definition) is 4. The van der Waals surface area contributed by atoms with Gasteiger partial charge in [0.05, 0.1) is 5.69 Å². The predicted molar refractivity (Wildman–Crippen MR) is 86.6 cm³/mol. The summed E-state index contributed by atoms with van der Waals surface area (Å²) in [4.78, 5) is 18.4. The summed E-state index contributed by atoms with van der Waals surface area (Å²) in [6.45, 7) is 9.25. The van der Waals surface area contributed by atoms with E-state index < -0.39 is 5.60 Å². The van der Waals surface area contributed by atoms with Crippen molar-refractivity contribution in [3.63, 3.8) is 0 Å². The van der Waals surface area contributed by atoms with Crippen LogP contribution in [0.1, 0.15) is 52.3 Å². The zero-order chi connectivity index (χ0) is 16.2. The van der Waals surface area contributed by atoms with Gasteiger partial charge in [-0.3, -0.25) is 4.98 Å². The molecule has 1 aromatic heterocycles. The van der Waals surface area contributed by atoms with E-state index in [1.807, 2.05) is 39.0 Å². The lowest BCUT2D eigenvalue weighted by Gasteiger charge is -2.35. The van der Waals surface area contributed by atoms with Gasteiger partial charge in [0.1, 0.15) is 5.60 Å². The van der Waals surface area contributed by atoms with E-state index in [0.717, 1.165) is 25.1 Å². The summed E-state index contributed by atoms with van der Waals surface area (Å²) in [7, 11) is 0. The van der Waals surface area contributed by atoms with Crippen LogP contribution in [0.3, 0.4) is 0 Å². The zero-order valence-corrected chi connectivity index (χ0v) is 14.0. The van der Waals surface area contributed by atoms with Crippen LogP contribution < -0.4 is 5.32 Å². The largest absolute Gasteiger partial charge is 0.444 e. The number of amides is 1. The van der Waals surface area contributed by atoms with Crippen LogP contribution in [-0.4, -0.2) is 40.7 Å². The molecular formula is C17H27N3O2. The second kappa shape index (κ2) is 7.09. The number of piperidine rings is 1. The Hall–Kier alpha value is -1.62. The first kappa shape index (κ1) is 16.7. The zero-order valence-electron chi connectivity index (χ0n) is 14.0. The average Bonchev–Trinajstić information content (AvgIpc) is 2.46. The topological polar surface area (TPSA) is 54.5 Å². The van der Waals surface area contributed by atoms with Gasteiger partial charge in [-0.15, -0.1) is 0 Å². The number of rotatable bonds is 3. The second-order valence-electron chi connectivity index (χ2n) is 6.91. The smallest absolute Gasteiger partial charge is 0.410 e. The van der Waals surface area contributed by atoms with Crippen molar-refractivity contribution in [1.82, 2.24) is 15.2 Å². The van der Waals surface area contributed by atoms with E-state index in [0.29, 0.717) is 6.54 Å². The molecule has 1 amide bonds. The molecule has 122 valence electrons. The Bertz CT molecular complexity index is 484. The SMILES string of the molecule is C[C@H](N[C@H]1CCCN(C(=O)OC(C)(C)C)C1)c1ccccn1. The molecule has 1 saturated heterocycles. The van der Waals surface area contributed by atoms with Crippen molar-refractivity contribution in [2.24, 2.45) is 0 Å². The van der Waals surface area contributed by atoms with Gasteiger partial charge in [-0.05, 0) is 52.7 Å². The number of hydrogen-bond donors (Lipinski definition) is 1. The molecule has 1 aliphatic heterocycles. The highest BCUT2D eigenvalue weighted by Crippen LogP contribution is 2.18. The van der Waals surface area contributed by atoms with Crippen LogP contribution in [0.2, 0.25) is 0 Å². The van der Waals surface area contributed by atoms with Gasteiger partial charge < -0.3 is 15.0 Å². The summed E-state index contributed by atoms with van der Waals surface area (Å²) < 4.78 is 5.46. The normalized spacial score (nSPS) is 20.5. The number of carbonyl (C=O) groups excluding carboxylic acids is 1. The third-order valence-corrected chi connectivity index (χ3v) is 3.69. The molecule has 1 aromatic rings. The van der Waals surface area contributed by atoms with Crippen molar-refractivity contribution in [2.75, 3.05) is 13.1 Å². The molecule has 0 saturated carbocycles. The van der Waals surface area contributed by atoms with Gasteiger partial charge in [-0.25, -0.2) is 4.79 Å². The van der Waals surface area contributed by atoms with E-state index in [-0.39, 0.29) is 18.2 Å². The van der Waals surface area contributed by atoms with Crippen molar-refractivity contribution < 1.29 is 9.53 Å². The van der Waals surface area contributed by atoms with Gasteiger partial charge in [0.25, 0.3) is 0 Å².